The van der Waals surface area contributed by atoms with E-state index in [2.05, 4.69) is 41.1 Å². The maximum atomic E-state index is 13.2. The number of ketones is 1. The first-order valence-corrected chi connectivity index (χ1v) is 12.4. The summed E-state index contributed by atoms with van der Waals surface area (Å²) in [6.07, 6.45) is -0.785. The zero-order valence-corrected chi connectivity index (χ0v) is 20.3. The molecule has 3 N–H and O–H groups in total. The third kappa shape index (κ3) is 4.07. The number of nitrogens with one attached hydrogen (secondary N) is 1. The Hall–Kier alpha value is -4.29. The standard InChI is InChI=1S/C30H24N2O6/c33-16-25-24(35)14-26(38-25)32-15-20(29(36)31-30(32)37)4-1-2-7-23(34)21-12-10-19-9-8-17-5-3-6-18-11-13-22(21)28(19)27(17)18/h3,5-6,8-13,15,24-26,33,35H,2,7,14,16H2,(H,31,36,37)/t24-,25+,26+/m0/s1. The molecule has 1 aliphatic heterocycles. The Labute approximate surface area is 216 Å². The fourth-order valence-corrected chi connectivity index (χ4v) is 5.29. The highest BCUT2D eigenvalue weighted by atomic mass is 16.5. The van der Waals surface area contributed by atoms with Gasteiger partial charge in [-0.25, -0.2) is 4.79 Å². The van der Waals surface area contributed by atoms with Crippen LogP contribution >= 0.6 is 0 Å². The van der Waals surface area contributed by atoms with E-state index in [4.69, 9.17) is 4.74 Å². The number of hydrogen-bond donors (Lipinski definition) is 3. The Morgan fingerprint density at radius 3 is 2.47 bits per heavy atom. The van der Waals surface area contributed by atoms with Crippen molar-refractivity contribution in [2.45, 2.75) is 37.7 Å². The normalized spacial score (nSPS) is 19.3. The van der Waals surface area contributed by atoms with Gasteiger partial charge in [0.25, 0.3) is 5.56 Å². The number of H-pyrrole nitrogens is 1. The molecule has 0 radical (unpaired) electrons. The van der Waals surface area contributed by atoms with Gasteiger partial charge in [0.15, 0.2) is 5.78 Å². The summed E-state index contributed by atoms with van der Waals surface area (Å²) in [6.45, 7) is -0.386. The molecule has 6 rings (SSSR count). The van der Waals surface area contributed by atoms with Crippen LogP contribution in [0.25, 0.3) is 32.3 Å². The van der Waals surface area contributed by atoms with Crippen molar-refractivity contribution in [2.75, 3.05) is 6.61 Å². The number of aromatic nitrogens is 2. The predicted molar refractivity (Wildman–Crippen MR) is 144 cm³/mol. The topological polar surface area (TPSA) is 122 Å². The molecule has 1 saturated heterocycles. The lowest BCUT2D eigenvalue weighted by atomic mass is 9.90. The minimum Gasteiger partial charge on any atom is -0.394 e. The van der Waals surface area contributed by atoms with Gasteiger partial charge in [0, 0.05) is 31.0 Å². The summed E-state index contributed by atoms with van der Waals surface area (Å²) < 4.78 is 6.67. The van der Waals surface area contributed by atoms with Gasteiger partial charge in [-0.05, 0) is 32.3 Å². The van der Waals surface area contributed by atoms with Crippen LogP contribution in [0.5, 0.6) is 0 Å². The second-order valence-electron chi connectivity index (χ2n) is 9.52. The van der Waals surface area contributed by atoms with E-state index in [0.717, 1.165) is 36.9 Å². The Kier molecular flexibility index (Phi) is 6.04. The van der Waals surface area contributed by atoms with Crippen LogP contribution < -0.4 is 11.2 Å². The molecule has 5 aromatic rings. The van der Waals surface area contributed by atoms with Gasteiger partial charge in [0.05, 0.1) is 12.7 Å². The molecule has 0 amide bonds. The summed E-state index contributed by atoms with van der Waals surface area (Å²) in [5, 5.41) is 25.7. The molecule has 1 fully saturated rings. The molecular formula is C30H24N2O6. The van der Waals surface area contributed by atoms with E-state index in [1.165, 1.54) is 6.20 Å². The quantitative estimate of drug-likeness (QED) is 0.191. The lowest BCUT2D eigenvalue weighted by Gasteiger charge is -2.14. The smallest absolute Gasteiger partial charge is 0.330 e. The van der Waals surface area contributed by atoms with E-state index in [-0.39, 0.29) is 37.2 Å². The number of aromatic amines is 1. The third-order valence-corrected chi connectivity index (χ3v) is 7.19. The van der Waals surface area contributed by atoms with E-state index in [1.54, 1.807) is 0 Å². The van der Waals surface area contributed by atoms with Gasteiger partial charge in [-0.1, -0.05) is 66.4 Å². The van der Waals surface area contributed by atoms with E-state index >= 15 is 0 Å². The number of nitrogens with zero attached hydrogens (tertiary/aromatic N) is 1. The number of aliphatic hydroxyl groups excluding tert-OH is 2. The third-order valence-electron chi connectivity index (χ3n) is 7.19. The van der Waals surface area contributed by atoms with Crippen molar-refractivity contribution >= 4 is 38.1 Å². The maximum Gasteiger partial charge on any atom is 0.330 e. The summed E-state index contributed by atoms with van der Waals surface area (Å²) in [5.74, 6) is 5.58. The average molecular weight is 509 g/mol. The number of ether oxygens (including phenoxy) is 1. The van der Waals surface area contributed by atoms with Crippen LogP contribution in [0, 0.1) is 11.8 Å². The number of rotatable bonds is 5. The molecule has 38 heavy (non-hydrogen) atoms. The van der Waals surface area contributed by atoms with Gasteiger partial charge < -0.3 is 14.9 Å². The first-order chi connectivity index (χ1) is 18.4. The number of benzene rings is 4. The van der Waals surface area contributed by atoms with Gasteiger partial charge >= 0.3 is 5.69 Å². The van der Waals surface area contributed by atoms with Crippen molar-refractivity contribution in [3.8, 4) is 11.8 Å². The Morgan fingerprint density at radius 2 is 1.74 bits per heavy atom. The monoisotopic (exact) mass is 508 g/mol. The second kappa shape index (κ2) is 9.54. The van der Waals surface area contributed by atoms with Crippen LogP contribution in [0.1, 0.15) is 41.4 Å². The van der Waals surface area contributed by atoms with Crippen molar-refractivity contribution < 1.29 is 19.7 Å². The van der Waals surface area contributed by atoms with Gasteiger partial charge in [-0.2, -0.15) is 0 Å². The fraction of sp³-hybridized carbons (Fsp3) is 0.233. The van der Waals surface area contributed by atoms with Gasteiger partial charge in [-0.3, -0.25) is 19.1 Å². The lowest BCUT2D eigenvalue weighted by molar-refractivity contribution is -0.0459. The van der Waals surface area contributed by atoms with Gasteiger partial charge in [0.1, 0.15) is 17.9 Å². The van der Waals surface area contributed by atoms with Crippen LogP contribution in [-0.2, 0) is 4.74 Å². The molecule has 0 spiro atoms. The molecule has 8 heteroatoms. The summed E-state index contributed by atoms with van der Waals surface area (Å²) in [4.78, 5) is 40.0. The minimum atomic E-state index is -0.927. The molecule has 190 valence electrons. The van der Waals surface area contributed by atoms with Crippen molar-refractivity contribution in [1.29, 1.82) is 0 Å². The van der Waals surface area contributed by atoms with Crippen molar-refractivity contribution in [2.24, 2.45) is 0 Å². The number of carbonyl (C=O) groups is 1. The highest BCUT2D eigenvalue weighted by Crippen LogP contribution is 2.36. The van der Waals surface area contributed by atoms with Crippen LogP contribution in [0.2, 0.25) is 0 Å². The van der Waals surface area contributed by atoms with Crippen LogP contribution in [0.15, 0.2) is 70.4 Å². The van der Waals surface area contributed by atoms with Crippen LogP contribution in [-0.4, -0.2) is 44.4 Å². The Balaban J connectivity index is 1.24. The minimum absolute atomic E-state index is 0.0421. The summed E-state index contributed by atoms with van der Waals surface area (Å²) in [7, 11) is 0. The number of Topliss-reactive ketones (excluding diaryl/α,β-unsaturated/α-hetero) is 1. The van der Waals surface area contributed by atoms with Crippen LogP contribution in [0.3, 0.4) is 0 Å². The van der Waals surface area contributed by atoms with Crippen molar-refractivity contribution in [3.63, 3.8) is 0 Å². The molecule has 1 aromatic heterocycles. The van der Waals surface area contributed by atoms with E-state index in [0.29, 0.717) is 5.56 Å². The van der Waals surface area contributed by atoms with Crippen molar-refractivity contribution in [3.05, 3.63) is 92.8 Å². The molecule has 0 bridgehead atoms. The first kappa shape index (κ1) is 24.1. The zero-order chi connectivity index (χ0) is 26.4. The predicted octanol–water partition coefficient (Wildman–Crippen LogP) is 3.09. The molecule has 2 heterocycles. The van der Waals surface area contributed by atoms with E-state index in [1.807, 2.05) is 30.3 Å². The highest BCUT2D eigenvalue weighted by Gasteiger charge is 2.35. The molecule has 3 atom stereocenters. The SMILES string of the molecule is O=C(CCC#Cc1cn([C@H]2C[C@H](O)[C@@H](CO)O2)c(=O)[nH]c1=O)c1ccc2ccc3cccc4ccc1c2c34. The van der Waals surface area contributed by atoms with Crippen molar-refractivity contribution in [1.82, 2.24) is 9.55 Å². The molecule has 8 nitrogen and oxygen atoms in total. The van der Waals surface area contributed by atoms with Crippen LogP contribution in [0.4, 0.5) is 0 Å². The first-order valence-electron chi connectivity index (χ1n) is 12.4. The van der Waals surface area contributed by atoms with E-state index in [9.17, 15) is 24.6 Å². The molecule has 0 unspecified atom stereocenters. The average Bonchev–Trinajstić information content (AvgIpc) is 3.30. The number of aliphatic hydroxyl groups is 2. The lowest BCUT2D eigenvalue weighted by Crippen LogP contribution is -2.33. The highest BCUT2D eigenvalue weighted by molar-refractivity contribution is 6.26. The van der Waals surface area contributed by atoms with Gasteiger partial charge in [0.2, 0.25) is 0 Å². The van der Waals surface area contributed by atoms with E-state index < -0.39 is 29.7 Å². The Morgan fingerprint density at radius 1 is 1.03 bits per heavy atom. The Bertz CT molecular complexity index is 1860. The molecule has 1 aliphatic rings. The molecular weight excluding hydrogens is 484 g/mol. The largest absolute Gasteiger partial charge is 0.394 e. The number of carbonyl (C=O) groups excluding carboxylic acids is 1. The fourth-order valence-electron chi connectivity index (χ4n) is 5.29. The summed E-state index contributed by atoms with van der Waals surface area (Å²) in [5.41, 5.74) is -0.653. The van der Waals surface area contributed by atoms with Gasteiger partial charge in [-0.15, -0.1) is 0 Å². The second-order valence-corrected chi connectivity index (χ2v) is 9.52. The molecule has 4 aromatic carbocycles. The summed E-state index contributed by atoms with van der Waals surface area (Å²) in [6, 6.07) is 18.2. The molecule has 0 aliphatic carbocycles. The molecule has 0 saturated carbocycles. The summed E-state index contributed by atoms with van der Waals surface area (Å²) >= 11 is 0. The maximum absolute atomic E-state index is 13.2. The number of hydrogen-bond acceptors (Lipinski definition) is 6. The zero-order valence-electron chi connectivity index (χ0n) is 20.3.